The van der Waals surface area contributed by atoms with E-state index in [0.29, 0.717) is 11.3 Å². The number of para-hydroxylation sites is 1. The van der Waals surface area contributed by atoms with Crippen molar-refractivity contribution in [3.05, 3.63) is 137 Å². The number of carbonyl (C=O) groups excluding carboxylic acids is 3. The van der Waals surface area contributed by atoms with E-state index in [0.717, 1.165) is 22.3 Å². The van der Waals surface area contributed by atoms with Crippen LogP contribution in [0.5, 0.6) is 5.75 Å². The van der Waals surface area contributed by atoms with Crippen LogP contribution in [-0.2, 0) is 20.9 Å². The number of nitrogens with one attached hydrogen (secondary N) is 1. The van der Waals surface area contributed by atoms with E-state index in [1.807, 2.05) is 104 Å². The summed E-state index contributed by atoms with van der Waals surface area (Å²) in [6.45, 7) is 2.13. The number of esters is 1. The number of carbonyl (C=O) groups is 3. The van der Waals surface area contributed by atoms with Gasteiger partial charge in [-0.05, 0) is 36.2 Å². The van der Waals surface area contributed by atoms with Gasteiger partial charge in [0, 0.05) is 23.6 Å². The number of nitrogens with zero attached hydrogens (tertiary/aromatic N) is 1. The fourth-order valence-corrected chi connectivity index (χ4v) is 5.93. The second kappa shape index (κ2) is 12.7. The molecule has 4 aromatic rings. The smallest absolute Gasteiger partial charge is 0.311 e. The van der Waals surface area contributed by atoms with Gasteiger partial charge in [0.15, 0.2) is 0 Å². The third-order valence-corrected chi connectivity index (χ3v) is 7.91. The average molecular weight is 563 g/mol. The first kappa shape index (κ1) is 28.6. The van der Waals surface area contributed by atoms with Crippen molar-refractivity contribution in [3.8, 4) is 5.75 Å². The Balaban J connectivity index is 1.67. The fraction of sp³-hybridized carbons (Fsp3) is 0.229. The van der Waals surface area contributed by atoms with Crippen molar-refractivity contribution in [1.29, 1.82) is 0 Å². The molecule has 214 valence electrons. The van der Waals surface area contributed by atoms with E-state index >= 15 is 0 Å². The molecule has 1 aliphatic heterocycles. The molecule has 4 unspecified atom stereocenters. The van der Waals surface area contributed by atoms with E-state index in [1.165, 1.54) is 7.11 Å². The van der Waals surface area contributed by atoms with Crippen LogP contribution in [0.4, 0.5) is 0 Å². The number of likely N-dealkylation sites (tertiary alicyclic amines) is 1. The molecule has 0 bridgehead atoms. The molecule has 0 aromatic heterocycles. The molecule has 7 nitrogen and oxygen atoms in total. The average Bonchev–Trinajstić information content (AvgIpc) is 3.40. The molecule has 0 spiro atoms. The first-order valence-corrected chi connectivity index (χ1v) is 13.9. The minimum absolute atomic E-state index is 0.187. The molecule has 42 heavy (non-hydrogen) atoms. The summed E-state index contributed by atoms with van der Waals surface area (Å²) < 4.78 is 10.8. The second-order valence-corrected chi connectivity index (χ2v) is 10.4. The third kappa shape index (κ3) is 5.63. The molecule has 1 heterocycles. The summed E-state index contributed by atoms with van der Waals surface area (Å²) >= 11 is 0. The zero-order chi connectivity index (χ0) is 29.6. The number of hydrogen-bond donors (Lipinski definition) is 1. The summed E-state index contributed by atoms with van der Waals surface area (Å²) in [5.41, 5.74) is 3.75. The van der Waals surface area contributed by atoms with E-state index in [9.17, 15) is 14.4 Å². The van der Waals surface area contributed by atoms with Gasteiger partial charge in [-0.2, -0.15) is 0 Å². The number of amides is 2. The van der Waals surface area contributed by atoms with Gasteiger partial charge < -0.3 is 19.7 Å². The van der Waals surface area contributed by atoms with Crippen LogP contribution in [0.25, 0.3) is 0 Å². The minimum atomic E-state index is -1.01. The van der Waals surface area contributed by atoms with Crippen LogP contribution >= 0.6 is 0 Å². The molecule has 4 aromatic carbocycles. The van der Waals surface area contributed by atoms with Crippen molar-refractivity contribution in [3.63, 3.8) is 0 Å². The van der Waals surface area contributed by atoms with Crippen LogP contribution in [0.1, 0.15) is 44.6 Å². The Morgan fingerprint density at radius 3 is 1.98 bits per heavy atom. The number of ether oxygens (including phenoxy) is 2. The molecule has 4 atom stereocenters. The molecule has 0 aliphatic carbocycles. The first-order chi connectivity index (χ1) is 20.4. The lowest BCUT2D eigenvalue weighted by Gasteiger charge is -2.31. The van der Waals surface area contributed by atoms with Crippen molar-refractivity contribution < 1.29 is 23.9 Å². The van der Waals surface area contributed by atoms with E-state index < -0.39 is 29.9 Å². The standard InChI is InChI=1S/C35H34N2O5/c1-23-18-20-26(21-19-23)34(39)37-31(25-14-8-5-9-15-25)30(35(40)42-3)29(24-12-6-4-7-13-24)32(37)33(38)36-22-27-16-10-11-17-28(27)41-2/h4-21,29-32H,22H2,1-3H3,(H,36,38). The first-order valence-electron chi connectivity index (χ1n) is 13.9. The van der Waals surface area contributed by atoms with Gasteiger partial charge in [0.2, 0.25) is 5.91 Å². The molecule has 5 rings (SSSR count). The van der Waals surface area contributed by atoms with Gasteiger partial charge in [-0.3, -0.25) is 14.4 Å². The van der Waals surface area contributed by atoms with E-state index in [2.05, 4.69) is 5.32 Å². The Morgan fingerprint density at radius 1 is 0.762 bits per heavy atom. The molecule has 1 N–H and O–H groups in total. The van der Waals surface area contributed by atoms with Crippen molar-refractivity contribution >= 4 is 17.8 Å². The van der Waals surface area contributed by atoms with Crippen LogP contribution in [0, 0.1) is 12.8 Å². The number of rotatable bonds is 8. The Bertz CT molecular complexity index is 1540. The Morgan fingerprint density at radius 2 is 1.36 bits per heavy atom. The van der Waals surface area contributed by atoms with Gasteiger partial charge in [0.05, 0.1) is 26.2 Å². The van der Waals surface area contributed by atoms with Crippen LogP contribution in [0.15, 0.2) is 109 Å². The fourth-order valence-electron chi connectivity index (χ4n) is 5.93. The van der Waals surface area contributed by atoms with Crippen molar-refractivity contribution in [2.24, 2.45) is 5.92 Å². The number of benzene rings is 4. The monoisotopic (exact) mass is 562 g/mol. The Kier molecular flexibility index (Phi) is 8.67. The molecule has 7 heteroatoms. The number of hydrogen-bond acceptors (Lipinski definition) is 5. The lowest BCUT2D eigenvalue weighted by atomic mass is 9.80. The lowest BCUT2D eigenvalue weighted by molar-refractivity contribution is -0.146. The predicted molar refractivity (Wildman–Crippen MR) is 160 cm³/mol. The van der Waals surface area contributed by atoms with Crippen LogP contribution < -0.4 is 10.1 Å². The highest BCUT2D eigenvalue weighted by Gasteiger charge is 2.58. The quantitative estimate of drug-likeness (QED) is 0.289. The van der Waals surface area contributed by atoms with Gasteiger partial charge in [-0.25, -0.2) is 0 Å². The van der Waals surface area contributed by atoms with Crippen molar-refractivity contribution in [2.45, 2.75) is 31.5 Å². The summed E-state index contributed by atoms with van der Waals surface area (Å²) in [6, 6.07) is 31.7. The number of methoxy groups -OCH3 is 2. The summed E-state index contributed by atoms with van der Waals surface area (Å²) in [7, 11) is 2.92. The van der Waals surface area contributed by atoms with Crippen molar-refractivity contribution in [2.75, 3.05) is 14.2 Å². The SMILES string of the molecule is COC(=O)C1C(c2ccccc2)C(C(=O)NCc2ccccc2OC)N(C(=O)c2ccc(C)cc2)C1c1ccccc1. The molecule has 1 aliphatic rings. The van der Waals surface area contributed by atoms with Gasteiger partial charge in [0.1, 0.15) is 11.8 Å². The van der Waals surface area contributed by atoms with Gasteiger partial charge in [0.25, 0.3) is 5.91 Å². The molecule has 0 saturated carbocycles. The number of aryl methyl sites for hydroxylation is 1. The highest BCUT2D eigenvalue weighted by atomic mass is 16.5. The summed E-state index contributed by atoms with van der Waals surface area (Å²) in [5, 5.41) is 3.05. The Labute approximate surface area is 246 Å². The highest BCUT2D eigenvalue weighted by Crippen LogP contribution is 2.51. The highest BCUT2D eigenvalue weighted by molar-refractivity contribution is 6.00. The van der Waals surface area contributed by atoms with Crippen molar-refractivity contribution in [1.82, 2.24) is 10.2 Å². The maximum Gasteiger partial charge on any atom is 0.311 e. The summed E-state index contributed by atoms with van der Waals surface area (Å²) in [5.74, 6) is -2.06. The molecular formula is C35H34N2O5. The van der Waals surface area contributed by atoms with Crippen LogP contribution in [0.2, 0.25) is 0 Å². The van der Waals surface area contributed by atoms with Gasteiger partial charge >= 0.3 is 5.97 Å². The van der Waals surface area contributed by atoms with E-state index in [4.69, 9.17) is 9.47 Å². The second-order valence-electron chi connectivity index (χ2n) is 10.4. The normalized spacial score (nSPS) is 19.6. The molecule has 2 amide bonds. The predicted octanol–water partition coefficient (Wildman–Crippen LogP) is 5.46. The molecule has 1 saturated heterocycles. The largest absolute Gasteiger partial charge is 0.496 e. The lowest BCUT2D eigenvalue weighted by Crippen LogP contribution is -2.48. The zero-order valence-electron chi connectivity index (χ0n) is 23.9. The van der Waals surface area contributed by atoms with Crippen LogP contribution in [-0.4, -0.2) is 42.9 Å². The molecule has 0 radical (unpaired) electrons. The topological polar surface area (TPSA) is 84.9 Å². The minimum Gasteiger partial charge on any atom is -0.496 e. The third-order valence-electron chi connectivity index (χ3n) is 7.91. The zero-order valence-corrected chi connectivity index (χ0v) is 23.9. The Hall–Kier alpha value is -4.91. The maximum atomic E-state index is 14.4. The summed E-state index contributed by atoms with van der Waals surface area (Å²) in [6.07, 6.45) is 0. The van der Waals surface area contributed by atoms with E-state index in [1.54, 1.807) is 24.1 Å². The molecular weight excluding hydrogens is 528 g/mol. The van der Waals surface area contributed by atoms with Crippen LogP contribution in [0.3, 0.4) is 0 Å². The van der Waals surface area contributed by atoms with Gasteiger partial charge in [-0.15, -0.1) is 0 Å². The van der Waals surface area contributed by atoms with Gasteiger partial charge in [-0.1, -0.05) is 96.6 Å². The summed E-state index contributed by atoms with van der Waals surface area (Å²) in [4.78, 5) is 44.0. The molecule has 1 fully saturated rings. The maximum absolute atomic E-state index is 14.4. The van der Waals surface area contributed by atoms with E-state index in [-0.39, 0.29) is 18.4 Å².